The van der Waals surface area contributed by atoms with Crippen molar-refractivity contribution < 1.29 is 14.3 Å². The molecule has 5 rings (SSSR count). The second kappa shape index (κ2) is 10.5. The molecule has 2 heterocycles. The molecule has 0 aliphatic carbocycles. The first kappa shape index (κ1) is 23.4. The Morgan fingerprint density at radius 3 is 2.36 bits per heavy atom. The van der Waals surface area contributed by atoms with Crippen molar-refractivity contribution in [1.29, 1.82) is 0 Å². The molecule has 0 bridgehead atoms. The number of amides is 1. The molecule has 0 radical (unpaired) electrons. The van der Waals surface area contributed by atoms with E-state index in [1.54, 1.807) is 31.4 Å². The number of rotatable bonds is 7. The summed E-state index contributed by atoms with van der Waals surface area (Å²) in [5, 5.41) is 4.88. The van der Waals surface area contributed by atoms with Gasteiger partial charge in [-0.1, -0.05) is 42.1 Å². The van der Waals surface area contributed by atoms with Gasteiger partial charge in [-0.25, -0.2) is 9.67 Å². The third kappa shape index (κ3) is 5.04. The number of thioether (sulfide) groups is 1. The smallest absolute Gasteiger partial charge is 0.283 e. The Kier molecular flexibility index (Phi) is 6.86. The summed E-state index contributed by atoms with van der Waals surface area (Å²) in [4.78, 5) is 19.8. The lowest BCUT2D eigenvalue weighted by Gasteiger charge is -2.18. The number of hydrogen-bond acceptors (Lipinski definition) is 6. The number of amidine groups is 1. The van der Waals surface area contributed by atoms with E-state index in [0.29, 0.717) is 28.1 Å². The molecule has 0 saturated carbocycles. The van der Waals surface area contributed by atoms with Crippen LogP contribution in [0.25, 0.3) is 11.8 Å². The highest BCUT2D eigenvalue weighted by molar-refractivity contribution is 8.13. The molecule has 0 N–H and O–H groups in total. The van der Waals surface area contributed by atoms with Gasteiger partial charge in [0.25, 0.3) is 5.91 Å². The van der Waals surface area contributed by atoms with E-state index in [1.807, 2.05) is 77.6 Å². The monoisotopic (exact) mass is 496 g/mol. The van der Waals surface area contributed by atoms with Crippen molar-refractivity contribution in [2.75, 3.05) is 19.1 Å². The van der Waals surface area contributed by atoms with E-state index >= 15 is 0 Å². The summed E-state index contributed by atoms with van der Waals surface area (Å²) in [6, 6.07) is 25.0. The highest BCUT2D eigenvalue weighted by Crippen LogP contribution is 2.32. The lowest BCUT2D eigenvalue weighted by atomic mass is 10.2. The zero-order valence-electron chi connectivity index (χ0n) is 19.9. The molecule has 1 aromatic heterocycles. The molecule has 180 valence electrons. The van der Waals surface area contributed by atoms with Gasteiger partial charge in [-0.3, -0.25) is 9.69 Å². The molecule has 0 unspecified atom stereocenters. The van der Waals surface area contributed by atoms with E-state index in [-0.39, 0.29) is 5.91 Å². The van der Waals surface area contributed by atoms with Crippen LogP contribution < -0.4 is 14.4 Å². The van der Waals surface area contributed by atoms with E-state index in [1.165, 1.54) is 11.8 Å². The number of carbonyl (C=O) groups is 1. The first-order valence-electron chi connectivity index (χ1n) is 11.3. The fourth-order valence-corrected chi connectivity index (χ4v) is 4.71. The SMILES string of the molecule is COc1ccc(/C=C2\N=C(SCc3ccc(-n4cccn4)cc3)N(c3cccc(OC)c3)C2=O)cc1. The van der Waals surface area contributed by atoms with Gasteiger partial charge in [0.1, 0.15) is 17.2 Å². The minimum absolute atomic E-state index is 0.185. The largest absolute Gasteiger partial charge is 0.497 e. The Hall–Kier alpha value is -4.30. The number of nitrogens with zero attached hydrogens (tertiary/aromatic N) is 4. The summed E-state index contributed by atoms with van der Waals surface area (Å²) in [5.41, 5.74) is 4.06. The van der Waals surface area contributed by atoms with Crippen LogP contribution in [0.3, 0.4) is 0 Å². The van der Waals surface area contributed by atoms with Crippen molar-refractivity contribution >= 4 is 34.6 Å². The van der Waals surface area contributed by atoms with Gasteiger partial charge < -0.3 is 9.47 Å². The third-order valence-electron chi connectivity index (χ3n) is 5.63. The van der Waals surface area contributed by atoms with Crippen LogP contribution in [-0.2, 0) is 10.5 Å². The van der Waals surface area contributed by atoms with E-state index in [0.717, 1.165) is 22.6 Å². The van der Waals surface area contributed by atoms with Crippen LogP contribution in [0.5, 0.6) is 11.5 Å². The van der Waals surface area contributed by atoms with Crippen LogP contribution in [0.1, 0.15) is 11.1 Å². The van der Waals surface area contributed by atoms with Crippen molar-refractivity contribution in [3.05, 3.63) is 108 Å². The molecule has 1 aliphatic rings. The van der Waals surface area contributed by atoms with Gasteiger partial charge in [-0.2, -0.15) is 5.10 Å². The third-order valence-corrected chi connectivity index (χ3v) is 6.64. The molecular weight excluding hydrogens is 472 g/mol. The van der Waals surface area contributed by atoms with Crippen molar-refractivity contribution in [3.8, 4) is 17.2 Å². The standard InChI is InChI=1S/C28H24N4O3S/c1-34-24-13-9-20(10-14-24)17-26-27(33)32(23-5-3-6-25(18-23)35-2)28(30-26)36-19-21-7-11-22(12-8-21)31-16-4-15-29-31/h3-18H,19H2,1-2H3/b26-17-. The summed E-state index contributed by atoms with van der Waals surface area (Å²) in [6.07, 6.45) is 5.45. The van der Waals surface area contributed by atoms with Crippen LogP contribution in [0, 0.1) is 0 Å². The number of methoxy groups -OCH3 is 2. The first-order chi connectivity index (χ1) is 17.6. The van der Waals surface area contributed by atoms with Gasteiger partial charge in [-0.05, 0) is 59.7 Å². The van der Waals surface area contributed by atoms with E-state index in [2.05, 4.69) is 17.2 Å². The van der Waals surface area contributed by atoms with Crippen LogP contribution in [-0.4, -0.2) is 35.1 Å². The van der Waals surface area contributed by atoms with Crippen LogP contribution in [0.15, 0.2) is 102 Å². The predicted molar refractivity (Wildman–Crippen MR) is 144 cm³/mol. The Balaban J connectivity index is 1.41. The van der Waals surface area contributed by atoms with Gasteiger partial charge in [0, 0.05) is 24.2 Å². The fourth-order valence-electron chi connectivity index (χ4n) is 3.74. The molecule has 1 aliphatic heterocycles. The quantitative estimate of drug-likeness (QED) is 0.313. The highest BCUT2D eigenvalue weighted by Gasteiger charge is 2.32. The molecule has 8 heteroatoms. The Morgan fingerprint density at radius 1 is 0.889 bits per heavy atom. The number of aliphatic imine (C=N–C) groups is 1. The second-order valence-corrected chi connectivity index (χ2v) is 8.89. The number of benzene rings is 3. The fraction of sp³-hybridized carbons (Fsp3) is 0.107. The van der Waals surface area contributed by atoms with Crippen molar-refractivity contribution in [2.24, 2.45) is 4.99 Å². The number of hydrogen-bond donors (Lipinski definition) is 0. The number of aromatic nitrogens is 2. The van der Waals surface area contributed by atoms with Gasteiger partial charge in [0.15, 0.2) is 5.17 Å². The summed E-state index contributed by atoms with van der Waals surface area (Å²) in [7, 11) is 3.23. The molecule has 0 atom stereocenters. The Bertz CT molecular complexity index is 1410. The molecule has 0 saturated heterocycles. The summed E-state index contributed by atoms with van der Waals surface area (Å²) < 4.78 is 12.4. The molecule has 7 nitrogen and oxygen atoms in total. The van der Waals surface area contributed by atoms with E-state index in [9.17, 15) is 4.79 Å². The summed E-state index contributed by atoms with van der Waals surface area (Å²) in [6.45, 7) is 0. The maximum atomic E-state index is 13.5. The normalized spacial score (nSPS) is 14.3. The molecule has 1 amide bonds. The van der Waals surface area contributed by atoms with Gasteiger partial charge in [0.05, 0.1) is 25.6 Å². The molecular formula is C28H24N4O3S. The summed E-state index contributed by atoms with van der Waals surface area (Å²) in [5.74, 6) is 1.90. The molecule has 36 heavy (non-hydrogen) atoms. The van der Waals surface area contributed by atoms with Crippen LogP contribution >= 0.6 is 11.8 Å². The maximum Gasteiger partial charge on any atom is 0.283 e. The van der Waals surface area contributed by atoms with Gasteiger partial charge >= 0.3 is 0 Å². The molecule has 0 fully saturated rings. The maximum absolute atomic E-state index is 13.5. The van der Waals surface area contributed by atoms with Crippen LogP contribution in [0.4, 0.5) is 5.69 Å². The lowest BCUT2D eigenvalue weighted by molar-refractivity contribution is -0.113. The first-order valence-corrected chi connectivity index (χ1v) is 12.3. The van der Waals surface area contributed by atoms with Gasteiger partial charge in [-0.15, -0.1) is 0 Å². The lowest BCUT2D eigenvalue weighted by Crippen LogP contribution is -2.30. The number of carbonyl (C=O) groups excluding carboxylic acids is 1. The highest BCUT2D eigenvalue weighted by atomic mass is 32.2. The van der Waals surface area contributed by atoms with Crippen molar-refractivity contribution in [1.82, 2.24) is 9.78 Å². The average Bonchev–Trinajstić information content (AvgIpc) is 3.57. The number of anilines is 1. The Morgan fingerprint density at radius 2 is 1.67 bits per heavy atom. The van der Waals surface area contributed by atoms with E-state index in [4.69, 9.17) is 14.5 Å². The number of ether oxygens (including phenoxy) is 2. The Labute approximate surface area is 213 Å². The van der Waals surface area contributed by atoms with Gasteiger partial charge in [0.2, 0.25) is 0 Å². The average molecular weight is 497 g/mol. The van der Waals surface area contributed by atoms with Crippen molar-refractivity contribution in [2.45, 2.75) is 5.75 Å². The van der Waals surface area contributed by atoms with Crippen molar-refractivity contribution in [3.63, 3.8) is 0 Å². The second-order valence-electron chi connectivity index (χ2n) is 7.94. The van der Waals surface area contributed by atoms with E-state index < -0.39 is 0 Å². The molecule has 3 aromatic carbocycles. The zero-order chi connectivity index (χ0) is 24.9. The molecule has 0 spiro atoms. The van der Waals surface area contributed by atoms with Crippen LogP contribution in [0.2, 0.25) is 0 Å². The molecule has 4 aromatic rings. The topological polar surface area (TPSA) is 68.9 Å². The summed E-state index contributed by atoms with van der Waals surface area (Å²) >= 11 is 1.51. The predicted octanol–water partition coefficient (Wildman–Crippen LogP) is 5.57. The minimum Gasteiger partial charge on any atom is -0.497 e. The minimum atomic E-state index is -0.185. The zero-order valence-corrected chi connectivity index (χ0v) is 20.7.